The predicted molar refractivity (Wildman–Crippen MR) is 94.8 cm³/mol. The van der Waals surface area contributed by atoms with E-state index in [1.165, 1.54) is 11.1 Å². The molecule has 24 heavy (non-hydrogen) atoms. The molecule has 2 aromatic rings. The number of para-hydroxylation sites is 1. The largest absolute Gasteiger partial charge is 0.355 e. The molecule has 0 radical (unpaired) electrons. The lowest BCUT2D eigenvalue weighted by Crippen LogP contribution is -2.37. The van der Waals surface area contributed by atoms with Crippen molar-refractivity contribution in [2.75, 3.05) is 18.0 Å². The van der Waals surface area contributed by atoms with E-state index in [0.717, 1.165) is 12.1 Å². The Labute approximate surface area is 142 Å². The van der Waals surface area contributed by atoms with Gasteiger partial charge in [0, 0.05) is 18.8 Å². The van der Waals surface area contributed by atoms with Gasteiger partial charge in [0.1, 0.15) is 5.92 Å². The van der Waals surface area contributed by atoms with Crippen LogP contribution in [0.2, 0.25) is 0 Å². The quantitative estimate of drug-likeness (QED) is 0.861. The molecule has 1 saturated heterocycles. The third-order valence-corrected chi connectivity index (χ3v) is 4.39. The zero-order valence-corrected chi connectivity index (χ0v) is 13.9. The average molecular weight is 322 g/mol. The van der Waals surface area contributed by atoms with E-state index in [1.807, 2.05) is 36.4 Å². The van der Waals surface area contributed by atoms with Gasteiger partial charge in [0.05, 0.1) is 0 Å². The number of hydrogen-bond donors (Lipinski definition) is 1. The van der Waals surface area contributed by atoms with Crippen LogP contribution in [0, 0.1) is 12.8 Å². The zero-order valence-electron chi connectivity index (χ0n) is 13.9. The summed E-state index contributed by atoms with van der Waals surface area (Å²) in [5.41, 5.74) is 3.26. The molecule has 0 unspecified atom stereocenters. The number of amides is 2. The number of carbonyl (C=O) groups excluding carboxylic acids is 2. The second-order valence-electron chi connectivity index (χ2n) is 6.20. The molecule has 1 heterocycles. The number of nitrogens with zero attached hydrogens (tertiary/aromatic N) is 1. The molecule has 4 nitrogen and oxygen atoms in total. The third-order valence-electron chi connectivity index (χ3n) is 4.39. The Morgan fingerprint density at radius 2 is 1.96 bits per heavy atom. The van der Waals surface area contributed by atoms with Gasteiger partial charge in [-0.2, -0.15) is 0 Å². The molecule has 1 fully saturated rings. The summed E-state index contributed by atoms with van der Waals surface area (Å²) in [7, 11) is 0. The Hall–Kier alpha value is -2.62. The standard InChI is InChI=1S/C20H22N2O2/c1-15-6-5-7-16(14-15)10-12-21-19(23)18-11-13-22(20(18)24)17-8-3-2-4-9-17/h2-9,14,18H,10-13H2,1H3,(H,21,23)/t18-/m0/s1. The molecule has 3 rings (SSSR count). The van der Waals surface area contributed by atoms with E-state index in [4.69, 9.17) is 0 Å². The van der Waals surface area contributed by atoms with Crippen molar-refractivity contribution in [3.8, 4) is 0 Å². The fourth-order valence-corrected chi connectivity index (χ4v) is 3.11. The van der Waals surface area contributed by atoms with Gasteiger partial charge in [0.25, 0.3) is 0 Å². The highest BCUT2D eigenvalue weighted by molar-refractivity contribution is 6.09. The van der Waals surface area contributed by atoms with Crippen LogP contribution in [0.3, 0.4) is 0 Å². The summed E-state index contributed by atoms with van der Waals surface area (Å²) in [4.78, 5) is 26.5. The summed E-state index contributed by atoms with van der Waals surface area (Å²) < 4.78 is 0. The number of aryl methyl sites for hydroxylation is 1. The predicted octanol–water partition coefficient (Wildman–Crippen LogP) is 2.71. The van der Waals surface area contributed by atoms with Gasteiger partial charge >= 0.3 is 0 Å². The fourth-order valence-electron chi connectivity index (χ4n) is 3.11. The van der Waals surface area contributed by atoms with Gasteiger partial charge in [-0.05, 0) is 37.5 Å². The van der Waals surface area contributed by atoms with Gasteiger partial charge in [-0.1, -0.05) is 48.0 Å². The Bertz CT molecular complexity index is 727. The molecule has 2 aromatic carbocycles. The first-order valence-electron chi connectivity index (χ1n) is 8.35. The Kier molecular flexibility index (Phi) is 4.94. The SMILES string of the molecule is Cc1cccc(CCNC(=O)[C@@H]2CCN(c3ccccc3)C2=O)c1. The first kappa shape index (κ1) is 16.2. The molecule has 124 valence electrons. The molecule has 0 spiro atoms. The Morgan fingerprint density at radius 1 is 1.17 bits per heavy atom. The summed E-state index contributed by atoms with van der Waals surface area (Å²) in [6.07, 6.45) is 1.35. The molecular weight excluding hydrogens is 300 g/mol. The van der Waals surface area contributed by atoms with Crippen LogP contribution in [0.5, 0.6) is 0 Å². The highest BCUT2D eigenvalue weighted by Crippen LogP contribution is 2.25. The van der Waals surface area contributed by atoms with Crippen LogP contribution in [-0.2, 0) is 16.0 Å². The van der Waals surface area contributed by atoms with E-state index in [1.54, 1.807) is 4.90 Å². The van der Waals surface area contributed by atoms with Crippen molar-refractivity contribution < 1.29 is 9.59 Å². The fraction of sp³-hybridized carbons (Fsp3) is 0.300. The van der Waals surface area contributed by atoms with Gasteiger partial charge in [-0.25, -0.2) is 0 Å². The molecule has 4 heteroatoms. The molecule has 0 bridgehead atoms. The van der Waals surface area contributed by atoms with Gasteiger partial charge in [0.2, 0.25) is 11.8 Å². The monoisotopic (exact) mass is 322 g/mol. The summed E-state index contributed by atoms with van der Waals surface area (Å²) in [5, 5.41) is 2.91. The van der Waals surface area contributed by atoms with E-state index in [0.29, 0.717) is 19.5 Å². The summed E-state index contributed by atoms with van der Waals surface area (Å²) >= 11 is 0. The van der Waals surface area contributed by atoms with Gasteiger partial charge in [-0.3, -0.25) is 9.59 Å². The van der Waals surface area contributed by atoms with Crippen LogP contribution in [0.1, 0.15) is 17.5 Å². The van der Waals surface area contributed by atoms with Crippen LogP contribution in [0.4, 0.5) is 5.69 Å². The van der Waals surface area contributed by atoms with Gasteiger partial charge < -0.3 is 10.2 Å². The highest BCUT2D eigenvalue weighted by atomic mass is 16.2. The van der Waals surface area contributed by atoms with Crippen molar-refractivity contribution in [1.82, 2.24) is 5.32 Å². The van der Waals surface area contributed by atoms with Crippen molar-refractivity contribution in [2.24, 2.45) is 5.92 Å². The number of nitrogens with one attached hydrogen (secondary N) is 1. The zero-order chi connectivity index (χ0) is 16.9. The first-order chi connectivity index (χ1) is 11.6. The molecule has 0 aromatic heterocycles. The molecule has 1 aliphatic rings. The lowest BCUT2D eigenvalue weighted by molar-refractivity contribution is -0.132. The molecule has 0 saturated carbocycles. The van der Waals surface area contributed by atoms with Gasteiger partial charge in [-0.15, -0.1) is 0 Å². The summed E-state index contributed by atoms with van der Waals surface area (Å²) in [5.74, 6) is -0.831. The second kappa shape index (κ2) is 7.30. The third kappa shape index (κ3) is 3.65. The maximum atomic E-state index is 12.5. The normalized spacial score (nSPS) is 17.1. The maximum Gasteiger partial charge on any atom is 0.239 e. The topological polar surface area (TPSA) is 49.4 Å². The van der Waals surface area contributed by atoms with E-state index in [2.05, 4.69) is 30.4 Å². The number of rotatable bonds is 5. The van der Waals surface area contributed by atoms with Crippen LogP contribution >= 0.6 is 0 Å². The van der Waals surface area contributed by atoms with E-state index < -0.39 is 5.92 Å². The van der Waals surface area contributed by atoms with Crippen LogP contribution in [0.25, 0.3) is 0 Å². The Balaban J connectivity index is 1.53. The minimum Gasteiger partial charge on any atom is -0.355 e. The average Bonchev–Trinajstić information content (AvgIpc) is 2.97. The highest BCUT2D eigenvalue weighted by Gasteiger charge is 2.37. The molecule has 1 atom stereocenters. The maximum absolute atomic E-state index is 12.5. The first-order valence-corrected chi connectivity index (χ1v) is 8.35. The minimum absolute atomic E-state index is 0.103. The number of carbonyl (C=O) groups is 2. The number of benzene rings is 2. The van der Waals surface area contributed by atoms with Crippen LogP contribution < -0.4 is 10.2 Å². The van der Waals surface area contributed by atoms with E-state index in [9.17, 15) is 9.59 Å². The van der Waals surface area contributed by atoms with Crippen molar-refractivity contribution in [2.45, 2.75) is 19.8 Å². The lowest BCUT2D eigenvalue weighted by Gasteiger charge is -2.16. The van der Waals surface area contributed by atoms with Crippen LogP contribution in [-0.4, -0.2) is 24.9 Å². The van der Waals surface area contributed by atoms with Crippen molar-refractivity contribution in [3.05, 3.63) is 65.7 Å². The Morgan fingerprint density at radius 3 is 2.71 bits per heavy atom. The number of hydrogen-bond acceptors (Lipinski definition) is 2. The summed E-state index contributed by atoms with van der Waals surface area (Å²) in [6.45, 7) is 3.20. The smallest absolute Gasteiger partial charge is 0.239 e. The van der Waals surface area contributed by atoms with Crippen molar-refractivity contribution in [1.29, 1.82) is 0 Å². The molecule has 1 N–H and O–H groups in total. The van der Waals surface area contributed by atoms with Crippen LogP contribution in [0.15, 0.2) is 54.6 Å². The molecule has 0 aliphatic carbocycles. The molecule has 1 aliphatic heterocycles. The lowest BCUT2D eigenvalue weighted by atomic mass is 10.1. The van der Waals surface area contributed by atoms with E-state index >= 15 is 0 Å². The molecule has 2 amide bonds. The van der Waals surface area contributed by atoms with Crippen molar-refractivity contribution >= 4 is 17.5 Å². The number of anilines is 1. The summed E-state index contributed by atoms with van der Waals surface area (Å²) in [6, 6.07) is 17.8. The molecular formula is C20H22N2O2. The van der Waals surface area contributed by atoms with E-state index in [-0.39, 0.29) is 11.8 Å². The minimum atomic E-state index is -0.567. The van der Waals surface area contributed by atoms with Gasteiger partial charge in [0.15, 0.2) is 0 Å². The second-order valence-corrected chi connectivity index (χ2v) is 6.20. The van der Waals surface area contributed by atoms with Crippen molar-refractivity contribution in [3.63, 3.8) is 0 Å².